The summed E-state index contributed by atoms with van der Waals surface area (Å²) in [6.07, 6.45) is 1.72. The molecule has 0 unspecified atom stereocenters. The highest BCUT2D eigenvalue weighted by atomic mass is 35.5. The lowest BCUT2D eigenvalue weighted by Gasteiger charge is -2.12. The number of hydrogen-bond donors (Lipinski definition) is 0. The summed E-state index contributed by atoms with van der Waals surface area (Å²) in [6, 6.07) is 6.97. The summed E-state index contributed by atoms with van der Waals surface area (Å²) in [5.74, 6) is 0.438. The molecule has 3 aromatic rings. The van der Waals surface area contributed by atoms with Crippen molar-refractivity contribution in [3.05, 3.63) is 57.2 Å². The van der Waals surface area contributed by atoms with Gasteiger partial charge in [0.15, 0.2) is 0 Å². The fraction of sp³-hybridized carbons (Fsp3) is 0.267. The molecule has 6 nitrogen and oxygen atoms in total. The standard InChI is InChI=1S/C15H15ClN4O2/c1-3-22-13-7-14-19(9-11-4-5-12(16)17-8-11)10(2)6-15(21)20(14)18-13/h4-8H,3,9H2,1-2H3. The quantitative estimate of drug-likeness (QED) is 0.693. The lowest BCUT2D eigenvalue weighted by Crippen LogP contribution is -2.20. The van der Waals surface area contributed by atoms with Gasteiger partial charge in [-0.1, -0.05) is 17.7 Å². The number of fused-ring (bicyclic) bond motifs is 1. The van der Waals surface area contributed by atoms with E-state index in [0.29, 0.717) is 29.8 Å². The Labute approximate surface area is 131 Å². The molecule has 0 aliphatic heterocycles. The van der Waals surface area contributed by atoms with E-state index in [9.17, 15) is 4.79 Å². The molecule has 0 fully saturated rings. The van der Waals surface area contributed by atoms with E-state index >= 15 is 0 Å². The number of halogens is 1. The Kier molecular flexibility index (Phi) is 3.85. The van der Waals surface area contributed by atoms with E-state index in [4.69, 9.17) is 16.3 Å². The third-order valence-electron chi connectivity index (χ3n) is 3.33. The van der Waals surface area contributed by atoms with E-state index < -0.39 is 0 Å². The van der Waals surface area contributed by atoms with Gasteiger partial charge in [-0.05, 0) is 25.5 Å². The summed E-state index contributed by atoms with van der Waals surface area (Å²) < 4.78 is 8.73. The third kappa shape index (κ3) is 2.69. The molecule has 0 bridgehead atoms. The van der Waals surface area contributed by atoms with Crippen LogP contribution in [0.25, 0.3) is 5.65 Å². The number of aryl methyl sites for hydroxylation is 1. The first-order valence-electron chi connectivity index (χ1n) is 6.92. The van der Waals surface area contributed by atoms with Crippen molar-refractivity contribution in [1.82, 2.24) is 19.2 Å². The lowest BCUT2D eigenvalue weighted by atomic mass is 10.2. The van der Waals surface area contributed by atoms with E-state index in [2.05, 4.69) is 10.1 Å². The highest BCUT2D eigenvalue weighted by molar-refractivity contribution is 6.29. The summed E-state index contributed by atoms with van der Waals surface area (Å²) in [5, 5.41) is 4.64. The number of nitrogens with zero attached hydrogens (tertiary/aromatic N) is 4. The van der Waals surface area contributed by atoms with Crippen molar-refractivity contribution in [3.63, 3.8) is 0 Å². The molecule has 7 heteroatoms. The molecule has 3 heterocycles. The van der Waals surface area contributed by atoms with Crippen molar-refractivity contribution >= 4 is 17.2 Å². The molecule has 3 rings (SSSR count). The molecule has 0 radical (unpaired) electrons. The van der Waals surface area contributed by atoms with E-state index in [1.54, 1.807) is 24.4 Å². The van der Waals surface area contributed by atoms with Crippen LogP contribution in [0.2, 0.25) is 5.15 Å². The molecule has 3 aromatic heterocycles. The van der Waals surface area contributed by atoms with Gasteiger partial charge in [-0.25, -0.2) is 4.98 Å². The molecule has 0 saturated carbocycles. The summed E-state index contributed by atoms with van der Waals surface area (Å²) in [5.41, 5.74) is 2.33. The van der Waals surface area contributed by atoms with Gasteiger partial charge < -0.3 is 9.30 Å². The maximum absolute atomic E-state index is 12.1. The van der Waals surface area contributed by atoms with Crippen LogP contribution in [-0.4, -0.2) is 25.8 Å². The van der Waals surface area contributed by atoms with Crippen LogP contribution < -0.4 is 10.3 Å². The van der Waals surface area contributed by atoms with Gasteiger partial charge in [-0.15, -0.1) is 5.10 Å². The second-order valence-corrected chi connectivity index (χ2v) is 5.27. The Morgan fingerprint density at radius 2 is 2.14 bits per heavy atom. The smallest absolute Gasteiger partial charge is 0.274 e. The average Bonchev–Trinajstić information content (AvgIpc) is 2.90. The van der Waals surface area contributed by atoms with Crippen molar-refractivity contribution in [2.45, 2.75) is 20.4 Å². The summed E-state index contributed by atoms with van der Waals surface area (Å²) in [6.45, 7) is 4.83. The molecule has 0 atom stereocenters. The molecular formula is C15H15ClN4O2. The molecule has 0 saturated heterocycles. The predicted molar refractivity (Wildman–Crippen MR) is 83.7 cm³/mol. The molecule has 0 N–H and O–H groups in total. The number of hydrogen-bond acceptors (Lipinski definition) is 4. The van der Waals surface area contributed by atoms with Crippen LogP contribution in [0, 0.1) is 6.92 Å². The van der Waals surface area contributed by atoms with Crippen LogP contribution in [0.4, 0.5) is 0 Å². The Morgan fingerprint density at radius 3 is 2.82 bits per heavy atom. The largest absolute Gasteiger partial charge is 0.477 e. The molecule has 114 valence electrons. The first-order valence-corrected chi connectivity index (χ1v) is 7.29. The number of aromatic nitrogens is 4. The van der Waals surface area contributed by atoms with Crippen LogP contribution >= 0.6 is 11.6 Å². The second kappa shape index (κ2) is 5.81. The molecule has 0 amide bonds. The minimum Gasteiger partial charge on any atom is -0.477 e. The van der Waals surface area contributed by atoms with Crippen LogP contribution in [0.3, 0.4) is 0 Å². The minimum absolute atomic E-state index is 0.177. The van der Waals surface area contributed by atoms with E-state index in [1.165, 1.54) is 4.52 Å². The lowest BCUT2D eigenvalue weighted by molar-refractivity contribution is 0.325. The van der Waals surface area contributed by atoms with Crippen molar-refractivity contribution < 1.29 is 4.74 Å². The SMILES string of the molecule is CCOc1cc2n(Cc3ccc(Cl)nc3)c(C)cc(=O)n2n1. The van der Waals surface area contributed by atoms with Crippen molar-refractivity contribution in [3.8, 4) is 5.88 Å². The maximum Gasteiger partial charge on any atom is 0.274 e. The fourth-order valence-electron chi connectivity index (χ4n) is 2.31. The van der Waals surface area contributed by atoms with Gasteiger partial charge in [-0.3, -0.25) is 4.79 Å². The molecule has 0 aromatic carbocycles. The summed E-state index contributed by atoms with van der Waals surface area (Å²) >= 11 is 5.81. The van der Waals surface area contributed by atoms with E-state index in [1.807, 2.05) is 24.5 Å². The topological polar surface area (TPSA) is 61.4 Å². The van der Waals surface area contributed by atoms with Gasteiger partial charge in [0.05, 0.1) is 13.2 Å². The zero-order valence-electron chi connectivity index (χ0n) is 12.3. The van der Waals surface area contributed by atoms with E-state index in [-0.39, 0.29) is 5.56 Å². The zero-order chi connectivity index (χ0) is 15.7. The molecule has 22 heavy (non-hydrogen) atoms. The average molecular weight is 319 g/mol. The van der Waals surface area contributed by atoms with Crippen LogP contribution in [0.5, 0.6) is 5.88 Å². The van der Waals surface area contributed by atoms with Crippen LogP contribution in [0.15, 0.2) is 35.3 Å². The molecular weight excluding hydrogens is 304 g/mol. The normalized spacial score (nSPS) is 11.0. The highest BCUT2D eigenvalue weighted by Gasteiger charge is 2.11. The Morgan fingerprint density at radius 1 is 1.32 bits per heavy atom. The van der Waals surface area contributed by atoms with Gasteiger partial charge >= 0.3 is 0 Å². The first-order chi connectivity index (χ1) is 10.6. The predicted octanol–water partition coefficient (Wildman–Crippen LogP) is 2.30. The van der Waals surface area contributed by atoms with Gasteiger partial charge in [0.1, 0.15) is 10.8 Å². The fourth-order valence-corrected chi connectivity index (χ4v) is 2.42. The monoisotopic (exact) mass is 318 g/mol. The Hall–Kier alpha value is -2.34. The Bertz CT molecular complexity index is 868. The van der Waals surface area contributed by atoms with Crippen molar-refractivity contribution in [2.24, 2.45) is 0 Å². The molecule has 0 aliphatic rings. The van der Waals surface area contributed by atoms with Crippen molar-refractivity contribution in [2.75, 3.05) is 6.61 Å². The van der Waals surface area contributed by atoms with Gasteiger partial charge in [0, 0.05) is 24.0 Å². The number of pyridine rings is 1. The van der Waals surface area contributed by atoms with Gasteiger partial charge in [0.25, 0.3) is 5.56 Å². The number of rotatable bonds is 4. The van der Waals surface area contributed by atoms with Gasteiger partial charge in [0.2, 0.25) is 5.88 Å². The summed E-state index contributed by atoms with van der Waals surface area (Å²) in [4.78, 5) is 16.1. The van der Waals surface area contributed by atoms with Crippen LogP contribution in [-0.2, 0) is 6.54 Å². The third-order valence-corrected chi connectivity index (χ3v) is 3.56. The number of ether oxygens (including phenoxy) is 1. The zero-order valence-corrected chi connectivity index (χ0v) is 13.0. The maximum atomic E-state index is 12.1. The summed E-state index contributed by atoms with van der Waals surface area (Å²) in [7, 11) is 0. The second-order valence-electron chi connectivity index (χ2n) is 4.88. The van der Waals surface area contributed by atoms with Gasteiger partial charge in [-0.2, -0.15) is 4.52 Å². The molecule has 0 aliphatic carbocycles. The van der Waals surface area contributed by atoms with E-state index in [0.717, 1.165) is 11.3 Å². The highest BCUT2D eigenvalue weighted by Crippen LogP contribution is 2.15. The molecule has 0 spiro atoms. The Balaban J connectivity index is 2.11. The van der Waals surface area contributed by atoms with Crippen molar-refractivity contribution in [1.29, 1.82) is 0 Å². The van der Waals surface area contributed by atoms with Crippen LogP contribution in [0.1, 0.15) is 18.2 Å². The first kappa shape index (κ1) is 14.6. The minimum atomic E-state index is -0.177.